The smallest absolute Gasteiger partial charge is 0.246 e. The number of morpholine rings is 1. The second kappa shape index (κ2) is 7.48. The number of rotatable bonds is 4. The first-order valence-electron chi connectivity index (χ1n) is 9.05. The van der Waals surface area contributed by atoms with Crippen LogP contribution in [0.25, 0.3) is 6.08 Å². The summed E-state index contributed by atoms with van der Waals surface area (Å²) in [6, 6.07) is 4.00. The highest BCUT2D eigenvalue weighted by Gasteiger charge is 2.25. The maximum atomic E-state index is 12.5. The third-order valence-electron chi connectivity index (χ3n) is 4.47. The van der Waals surface area contributed by atoms with Crippen LogP contribution in [0.15, 0.2) is 18.2 Å². The highest BCUT2D eigenvalue weighted by Crippen LogP contribution is 2.35. The Hall–Kier alpha value is -2.01. The highest BCUT2D eigenvalue weighted by atomic mass is 16.5. The number of hydrogen-bond donors (Lipinski definition) is 0. The summed E-state index contributed by atoms with van der Waals surface area (Å²) in [5.74, 6) is 1.68. The van der Waals surface area contributed by atoms with E-state index in [0.717, 1.165) is 29.0 Å². The van der Waals surface area contributed by atoms with Gasteiger partial charge in [0.25, 0.3) is 0 Å². The van der Waals surface area contributed by atoms with Gasteiger partial charge in [-0.1, -0.05) is 0 Å². The van der Waals surface area contributed by atoms with Gasteiger partial charge in [0, 0.05) is 36.7 Å². The first kappa shape index (κ1) is 17.8. The number of benzene rings is 1. The molecule has 1 saturated heterocycles. The van der Waals surface area contributed by atoms with Gasteiger partial charge in [0.15, 0.2) is 0 Å². The van der Waals surface area contributed by atoms with Crippen molar-refractivity contribution in [1.29, 1.82) is 0 Å². The van der Waals surface area contributed by atoms with Crippen molar-refractivity contribution in [3.05, 3.63) is 29.3 Å². The minimum absolute atomic E-state index is 0.000710. The average Bonchev–Trinajstić information content (AvgIpc) is 2.90. The summed E-state index contributed by atoms with van der Waals surface area (Å²) in [6.45, 7) is 9.83. The molecule has 1 aromatic rings. The van der Waals surface area contributed by atoms with Crippen LogP contribution in [0.1, 0.15) is 38.8 Å². The van der Waals surface area contributed by atoms with E-state index in [0.29, 0.717) is 19.7 Å². The third-order valence-corrected chi connectivity index (χ3v) is 4.47. The lowest BCUT2D eigenvalue weighted by atomic mass is 10.1. The van der Waals surface area contributed by atoms with Crippen LogP contribution < -0.4 is 9.47 Å². The number of nitrogens with zero attached hydrogens (tertiary/aromatic N) is 1. The van der Waals surface area contributed by atoms with Crippen LogP contribution in [0.4, 0.5) is 0 Å². The van der Waals surface area contributed by atoms with Crippen LogP contribution in [0, 0.1) is 0 Å². The number of fused-ring (bicyclic) bond motifs is 1. The summed E-state index contributed by atoms with van der Waals surface area (Å²) in [7, 11) is 0. The molecule has 2 aliphatic heterocycles. The molecule has 0 radical (unpaired) electrons. The van der Waals surface area contributed by atoms with Gasteiger partial charge in [0.05, 0.1) is 18.8 Å². The molecule has 3 atom stereocenters. The number of carbonyl (C=O) groups excluding carboxylic acids is 1. The van der Waals surface area contributed by atoms with Gasteiger partial charge in [-0.15, -0.1) is 0 Å². The van der Waals surface area contributed by atoms with Crippen LogP contribution in [-0.4, -0.2) is 48.8 Å². The Labute approximate surface area is 149 Å². The second-order valence-electron chi connectivity index (χ2n) is 6.90. The van der Waals surface area contributed by atoms with Gasteiger partial charge in [-0.25, -0.2) is 0 Å². The van der Waals surface area contributed by atoms with E-state index in [1.54, 1.807) is 6.08 Å². The first-order chi connectivity index (χ1) is 12.0. The van der Waals surface area contributed by atoms with E-state index >= 15 is 0 Å². The number of hydrogen-bond acceptors (Lipinski definition) is 4. The van der Waals surface area contributed by atoms with Crippen molar-refractivity contribution in [3.8, 4) is 11.5 Å². The maximum Gasteiger partial charge on any atom is 0.246 e. The lowest BCUT2D eigenvalue weighted by Crippen LogP contribution is -2.47. The zero-order chi connectivity index (χ0) is 18.0. The fourth-order valence-electron chi connectivity index (χ4n) is 3.49. The van der Waals surface area contributed by atoms with Crippen LogP contribution in [0.3, 0.4) is 0 Å². The van der Waals surface area contributed by atoms with E-state index in [-0.39, 0.29) is 24.2 Å². The van der Waals surface area contributed by atoms with Crippen LogP contribution in [0.2, 0.25) is 0 Å². The summed E-state index contributed by atoms with van der Waals surface area (Å²) in [5, 5.41) is 0. The van der Waals surface area contributed by atoms with Crippen molar-refractivity contribution in [1.82, 2.24) is 4.90 Å². The minimum Gasteiger partial charge on any atom is -0.493 e. The third kappa shape index (κ3) is 4.15. The van der Waals surface area contributed by atoms with Gasteiger partial charge < -0.3 is 19.1 Å². The summed E-state index contributed by atoms with van der Waals surface area (Å²) in [5.41, 5.74) is 2.03. The molecule has 0 spiro atoms. The standard InChI is InChI=1S/C20H27NO4/c1-5-23-18-10-17-8-13(2)25-19(17)9-16(18)6-7-20(22)21-11-14(3)24-15(4)12-21/h6-7,9-10,13-15H,5,8,11-12H2,1-4H3. The fraction of sp³-hybridized carbons (Fsp3) is 0.550. The van der Waals surface area contributed by atoms with Crippen molar-refractivity contribution in [2.45, 2.75) is 52.4 Å². The van der Waals surface area contributed by atoms with E-state index in [1.165, 1.54) is 0 Å². The Balaban J connectivity index is 1.78. The van der Waals surface area contributed by atoms with Gasteiger partial charge in [-0.2, -0.15) is 0 Å². The molecular weight excluding hydrogens is 318 g/mol. The Morgan fingerprint density at radius 1 is 1.24 bits per heavy atom. The Morgan fingerprint density at radius 2 is 1.96 bits per heavy atom. The van der Waals surface area contributed by atoms with Gasteiger partial charge in [-0.3, -0.25) is 4.79 Å². The topological polar surface area (TPSA) is 48.0 Å². The lowest BCUT2D eigenvalue weighted by molar-refractivity contribution is -0.137. The van der Waals surface area contributed by atoms with Crippen LogP contribution >= 0.6 is 0 Å². The molecule has 1 amide bonds. The van der Waals surface area contributed by atoms with E-state index in [9.17, 15) is 4.79 Å². The van der Waals surface area contributed by atoms with Gasteiger partial charge in [-0.05, 0) is 45.9 Å². The zero-order valence-corrected chi connectivity index (χ0v) is 15.5. The van der Waals surface area contributed by atoms with E-state index in [2.05, 4.69) is 6.92 Å². The Kier molecular flexibility index (Phi) is 5.33. The van der Waals surface area contributed by atoms with E-state index < -0.39 is 0 Å². The SMILES string of the molecule is CCOc1cc2c(cc1C=CC(=O)N1CC(C)OC(C)C1)OC(C)C2. The highest BCUT2D eigenvalue weighted by molar-refractivity contribution is 5.92. The molecule has 136 valence electrons. The summed E-state index contributed by atoms with van der Waals surface area (Å²) in [6.07, 6.45) is 4.65. The molecular formula is C20H27NO4. The molecule has 0 aromatic heterocycles. The molecule has 5 heteroatoms. The van der Waals surface area contributed by atoms with Gasteiger partial charge in [0.1, 0.15) is 17.6 Å². The summed E-state index contributed by atoms with van der Waals surface area (Å²) >= 11 is 0. The summed E-state index contributed by atoms with van der Waals surface area (Å²) in [4.78, 5) is 14.4. The van der Waals surface area contributed by atoms with E-state index in [4.69, 9.17) is 14.2 Å². The lowest BCUT2D eigenvalue weighted by Gasteiger charge is -2.34. The molecule has 5 nitrogen and oxygen atoms in total. The van der Waals surface area contributed by atoms with Crippen molar-refractivity contribution in [3.63, 3.8) is 0 Å². The summed E-state index contributed by atoms with van der Waals surface area (Å²) < 4.78 is 17.3. The first-order valence-corrected chi connectivity index (χ1v) is 9.05. The molecule has 3 rings (SSSR count). The van der Waals surface area contributed by atoms with Crippen molar-refractivity contribution in [2.75, 3.05) is 19.7 Å². The molecule has 25 heavy (non-hydrogen) atoms. The molecule has 2 aliphatic rings. The Morgan fingerprint density at radius 3 is 2.64 bits per heavy atom. The van der Waals surface area contributed by atoms with Crippen molar-refractivity contribution in [2.24, 2.45) is 0 Å². The number of amides is 1. The minimum atomic E-state index is -0.000710. The number of ether oxygens (including phenoxy) is 3. The van der Waals surface area contributed by atoms with Gasteiger partial charge in [0.2, 0.25) is 5.91 Å². The molecule has 0 N–H and O–H groups in total. The molecule has 0 bridgehead atoms. The predicted molar refractivity (Wildman–Crippen MR) is 97.0 cm³/mol. The Bertz CT molecular complexity index is 660. The fourth-order valence-corrected chi connectivity index (χ4v) is 3.49. The second-order valence-corrected chi connectivity index (χ2v) is 6.90. The van der Waals surface area contributed by atoms with Gasteiger partial charge >= 0.3 is 0 Å². The molecule has 2 heterocycles. The number of carbonyl (C=O) groups is 1. The maximum absolute atomic E-state index is 12.5. The quantitative estimate of drug-likeness (QED) is 0.787. The largest absolute Gasteiger partial charge is 0.493 e. The molecule has 1 fully saturated rings. The molecule has 3 unspecified atom stereocenters. The molecule has 0 saturated carbocycles. The van der Waals surface area contributed by atoms with E-state index in [1.807, 2.05) is 43.9 Å². The normalized spacial score (nSPS) is 25.8. The predicted octanol–water partition coefficient (Wildman–Crippen LogP) is 3.06. The molecule has 1 aromatic carbocycles. The zero-order valence-electron chi connectivity index (χ0n) is 15.5. The molecule has 0 aliphatic carbocycles. The average molecular weight is 345 g/mol. The van der Waals surface area contributed by atoms with Crippen LogP contribution in [-0.2, 0) is 16.0 Å². The van der Waals surface area contributed by atoms with Crippen molar-refractivity contribution < 1.29 is 19.0 Å². The van der Waals surface area contributed by atoms with Crippen molar-refractivity contribution >= 4 is 12.0 Å². The van der Waals surface area contributed by atoms with Crippen LogP contribution in [0.5, 0.6) is 11.5 Å². The monoisotopic (exact) mass is 345 g/mol.